The lowest BCUT2D eigenvalue weighted by atomic mass is 10.1. The Morgan fingerprint density at radius 3 is 2.62 bits per heavy atom. The van der Waals surface area contributed by atoms with E-state index in [9.17, 15) is 0 Å². The van der Waals surface area contributed by atoms with Gasteiger partial charge in [0.05, 0.1) is 0 Å². The molecule has 1 aromatic rings. The molecule has 1 nitrogen and oxygen atoms in total. The highest BCUT2D eigenvalue weighted by molar-refractivity contribution is 5.14. The van der Waals surface area contributed by atoms with E-state index in [1.807, 2.05) is 0 Å². The number of nitrogens with one attached hydrogen (secondary N) is 1. The number of hydrogen-bond acceptors (Lipinski definition) is 1. The second-order valence-corrected chi connectivity index (χ2v) is 5.02. The molecule has 2 rings (SSSR count). The Hall–Kier alpha value is -0.820. The second-order valence-electron chi connectivity index (χ2n) is 5.02. The van der Waals surface area contributed by atoms with Crippen molar-refractivity contribution >= 4 is 0 Å². The molecule has 1 aromatic carbocycles. The molecule has 1 saturated carbocycles. The third-order valence-electron chi connectivity index (χ3n) is 3.53. The Bertz CT molecular complexity index is 290. The highest BCUT2D eigenvalue weighted by atomic mass is 14.9. The Kier molecular flexibility index (Phi) is 4.41. The number of benzene rings is 1. The fourth-order valence-electron chi connectivity index (χ4n) is 2.19. The van der Waals surface area contributed by atoms with E-state index in [0.717, 1.165) is 12.0 Å². The van der Waals surface area contributed by atoms with Gasteiger partial charge in [0.25, 0.3) is 0 Å². The fourth-order valence-corrected chi connectivity index (χ4v) is 2.19. The predicted octanol–water partition coefficient (Wildman–Crippen LogP) is 3.40. The molecule has 0 amide bonds. The summed E-state index contributed by atoms with van der Waals surface area (Å²) in [5.74, 6) is 0.981. The van der Waals surface area contributed by atoms with Crippen LogP contribution in [0.15, 0.2) is 30.3 Å². The molecule has 0 heterocycles. The highest BCUT2D eigenvalue weighted by Crippen LogP contribution is 2.32. The molecule has 0 radical (unpaired) electrons. The van der Waals surface area contributed by atoms with Gasteiger partial charge in [-0.05, 0) is 57.1 Å². The monoisotopic (exact) mass is 217 g/mol. The molecule has 0 spiro atoms. The molecule has 16 heavy (non-hydrogen) atoms. The van der Waals surface area contributed by atoms with Crippen molar-refractivity contribution in [3.05, 3.63) is 35.9 Å². The van der Waals surface area contributed by atoms with Crippen molar-refractivity contribution in [2.75, 3.05) is 6.54 Å². The quantitative estimate of drug-likeness (QED) is 0.690. The Balaban J connectivity index is 1.52. The van der Waals surface area contributed by atoms with Crippen LogP contribution in [0.25, 0.3) is 0 Å². The van der Waals surface area contributed by atoms with Crippen molar-refractivity contribution < 1.29 is 0 Å². The molecule has 0 aliphatic heterocycles. The zero-order valence-corrected chi connectivity index (χ0v) is 10.3. The van der Waals surface area contributed by atoms with E-state index in [4.69, 9.17) is 0 Å². The average molecular weight is 217 g/mol. The van der Waals surface area contributed by atoms with Crippen molar-refractivity contribution in [1.29, 1.82) is 0 Å². The molecule has 1 heteroatoms. The third kappa shape index (κ3) is 3.97. The zero-order chi connectivity index (χ0) is 11.2. The van der Waals surface area contributed by atoms with Crippen LogP contribution in [0.2, 0.25) is 0 Å². The second kappa shape index (κ2) is 6.05. The Labute approximate surface area is 99.3 Å². The summed E-state index contributed by atoms with van der Waals surface area (Å²) in [6.07, 6.45) is 6.71. The van der Waals surface area contributed by atoms with Gasteiger partial charge in [-0.15, -0.1) is 0 Å². The first-order valence-corrected chi connectivity index (χ1v) is 6.63. The van der Waals surface area contributed by atoms with Crippen LogP contribution < -0.4 is 5.32 Å². The minimum absolute atomic E-state index is 0.747. The molecule has 1 aliphatic rings. The van der Waals surface area contributed by atoms with Crippen LogP contribution in [0.5, 0.6) is 0 Å². The first kappa shape index (κ1) is 11.7. The van der Waals surface area contributed by atoms with Crippen molar-refractivity contribution in [3.63, 3.8) is 0 Å². The number of unbranched alkanes of at least 4 members (excludes halogenated alkanes) is 1. The van der Waals surface area contributed by atoms with Crippen molar-refractivity contribution in [2.45, 2.75) is 45.1 Å². The average Bonchev–Trinajstić information content (AvgIpc) is 3.13. The molecule has 0 aromatic heterocycles. The smallest absolute Gasteiger partial charge is 0.00669 e. The molecule has 1 atom stereocenters. The molecular formula is C15H23N. The third-order valence-corrected chi connectivity index (χ3v) is 3.53. The summed E-state index contributed by atoms with van der Waals surface area (Å²) >= 11 is 0. The van der Waals surface area contributed by atoms with Crippen molar-refractivity contribution in [2.24, 2.45) is 5.92 Å². The maximum absolute atomic E-state index is 3.63. The molecule has 0 saturated heterocycles. The van der Waals surface area contributed by atoms with Crippen LogP contribution in [0, 0.1) is 5.92 Å². The van der Waals surface area contributed by atoms with Crippen LogP contribution in [0.1, 0.15) is 38.2 Å². The molecule has 1 N–H and O–H groups in total. The largest absolute Gasteiger partial charge is 0.314 e. The summed E-state index contributed by atoms with van der Waals surface area (Å²) in [4.78, 5) is 0. The molecule has 88 valence electrons. The van der Waals surface area contributed by atoms with Gasteiger partial charge in [-0.1, -0.05) is 30.3 Å². The number of aryl methyl sites for hydroxylation is 1. The lowest BCUT2D eigenvalue weighted by Gasteiger charge is -2.12. The van der Waals surface area contributed by atoms with Gasteiger partial charge < -0.3 is 5.32 Å². The van der Waals surface area contributed by atoms with Gasteiger partial charge in [-0.25, -0.2) is 0 Å². The SMILES string of the molecule is CC(NCCCCc1ccccc1)C1CC1. The zero-order valence-electron chi connectivity index (χ0n) is 10.3. The lowest BCUT2D eigenvalue weighted by molar-refractivity contribution is 0.484. The lowest BCUT2D eigenvalue weighted by Crippen LogP contribution is -2.28. The topological polar surface area (TPSA) is 12.0 Å². The van der Waals surface area contributed by atoms with E-state index in [1.165, 1.54) is 44.2 Å². The van der Waals surface area contributed by atoms with Gasteiger partial charge in [0, 0.05) is 6.04 Å². The standard InChI is InChI=1S/C15H23N/c1-13(15-10-11-15)16-12-6-5-9-14-7-3-2-4-8-14/h2-4,7-8,13,15-16H,5-6,9-12H2,1H3. The minimum Gasteiger partial charge on any atom is -0.314 e. The minimum atomic E-state index is 0.747. The first-order chi connectivity index (χ1) is 7.86. The van der Waals surface area contributed by atoms with E-state index < -0.39 is 0 Å². The summed E-state index contributed by atoms with van der Waals surface area (Å²) in [6, 6.07) is 11.5. The van der Waals surface area contributed by atoms with Crippen LogP contribution in [0.4, 0.5) is 0 Å². The highest BCUT2D eigenvalue weighted by Gasteiger charge is 2.26. The van der Waals surface area contributed by atoms with Crippen LogP contribution in [-0.2, 0) is 6.42 Å². The van der Waals surface area contributed by atoms with E-state index in [-0.39, 0.29) is 0 Å². The van der Waals surface area contributed by atoms with Crippen LogP contribution >= 0.6 is 0 Å². The normalized spacial score (nSPS) is 17.3. The van der Waals surface area contributed by atoms with Gasteiger partial charge in [0.15, 0.2) is 0 Å². The predicted molar refractivity (Wildman–Crippen MR) is 69.6 cm³/mol. The fraction of sp³-hybridized carbons (Fsp3) is 0.600. The maximum Gasteiger partial charge on any atom is 0.00669 e. The molecular weight excluding hydrogens is 194 g/mol. The van der Waals surface area contributed by atoms with Gasteiger partial charge in [-0.3, -0.25) is 0 Å². The first-order valence-electron chi connectivity index (χ1n) is 6.63. The molecule has 0 bridgehead atoms. The summed E-state index contributed by atoms with van der Waals surface area (Å²) in [5, 5.41) is 3.63. The van der Waals surface area contributed by atoms with Gasteiger partial charge in [0.2, 0.25) is 0 Å². The molecule has 1 unspecified atom stereocenters. The Morgan fingerprint density at radius 1 is 1.19 bits per heavy atom. The summed E-state index contributed by atoms with van der Waals surface area (Å²) in [6.45, 7) is 3.51. The van der Waals surface area contributed by atoms with Crippen LogP contribution in [0.3, 0.4) is 0 Å². The van der Waals surface area contributed by atoms with E-state index in [2.05, 4.69) is 42.6 Å². The van der Waals surface area contributed by atoms with Crippen molar-refractivity contribution in [3.8, 4) is 0 Å². The van der Waals surface area contributed by atoms with Crippen LogP contribution in [-0.4, -0.2) is 12.6 Å². The summed E-state index contributed by atoms with van der Waals surface area (Å²) < 4.78 is 0. The van der Waals surface area contributed by atoms with Gasteiger partial charge in [-0.2, -0.15) is 0 Å². The van der Waals surface area contributed by atoms with E-state index >= 15 is 0 Å². The van der Waals surface area contributed by atoms with E-state index in [1.54, 1.807) is 0 Å². The summed E-state index contributed by atoms with van der Waals surface area (Å²) in [5.41, 5.74) is 1.47. The maximum atomic E-state index is 3.63. The van der Waals surface area contributed by atoms with E-state index in [0.29, 0.717) is 0 Å². The molecule has 1 aliphatic carbocycles. The number of hydrogen-bond donors (Lipinski definition) is 1. The van der Waals surface area contributed by atoms with Gasteiger partial charge >= 0.3 is 0 Å². The number of rotatable bonds is 7. The Morgan fingerprint density at radius 2 is 1.94 bits per heavy atom. The summed E-state index contributed by atoms with van der Waals surface area (Å²) in [7, 11) is 0. The van der Waals surface area contributed by atoms with Crippen molar-refractivity contribution in [1.82, 2.24) is 5.32 Å². The van der Waals surface area contributed by atoms with Gasteiger partial charge in [0.1, 0.15) is 0 Å². The molecule has 1 fully saturated rings.